The van der Waals surface area contributed by atoms with Crippen LogP contribution in [0.2, 0.25) is 0 Å². The predicted molar refractivity (Wildman–Crippen MR) is 116 cm³/mol. The summed E-state index contributed by atoms with van der Waals surface area (Å²) >= 11 is 0. The molecule has 0 amide bonds. The third-order valence-electron chi connectivity index (χ3n) is 4.59. The van der Waals surface area contributed by atoms with Gasteiger partial charge >= 0.3 is 0 Å². The fourth-order valence-corrected chi connectivity index (χ4v) is 3.05. The minimum atomic E-state index is -0.496. The van der Waals surface area contributed by atoms with Crippen molar-refractivity contribution in [2.24, 2.45) is 10.2 Å². The lowest BCUT2D eigenvalue weighted by atomic mass is 10.1. The zero-order valence-corrected chi connectivity index (χ0v) is 16.4. The van der Waals surface area contributed by atoms with E-state index in [4.69, 9.17) is 4.74 Å². The predicted octanol–water partition coefficient (Wildman–Crippen LogP) is 5.16. The first-order valence-electron chi connectivity index (χ1n) is 9.28. The maximum atomic E-state index is 13.2. The van der Waals surface area contributed by atoms with Crippen LogP contribution in [-0.2, 0) is 0 Å². The van der Waals surface area contributed by atoms with Gasteiger partial charge in [-0.1, -0.05) is 42.5 Å². The first-order valence-corrected chi connectivity index (χ1v) is 9.28. The number of azo groups is 1. The molecule has 4 aromatic rings. The summed E-state index contributed by atoms with van der Waals surface area (Å²) in [7, 11) is 1.53. The molecule has 31 heavy (non-hydrogen) atoms. The highest BCUT2D eigenvalue weighted by atomic mass is 16.6. The first-order chi connectivity index (χ1) is 15.1. The van der Waals surface area contributed by atoms with E-state index in [-0.39, 0.29) is 11.4 Å². The van der Waals surface area contributed by atoms with Gasteiger partial charge in [0.15, 0.2) is 5.69 Å². The highest BCUT2D eigenvalue weighted by Crippen LogP contribution is 2.31. The summed E-state index contributed by atoms with van der Waals surface area (Å²) in [5.74, 6) is 0.527. The second-order valence-corrected chi connectivity index (χ2v) is 6.49. The summed E-state index contributed by atoms with van der Waals surface area (Å²) in [5, 5.41) is 22.4. The van der Waals surface area contributed by atoms with E-state index in [0.29, 0.717) is 22.8 Å². The highest BCUT2D eigenvalue weighted by Gasteiger charge is 2.18. The van der Waals surface area contributed by atoms with Gasteiger partial charge in [-0.25, -0.2) is 4.68 Å². The maximum Gasteiger partial charge on any atom is 0.299 e. The van der Waals surface area contributed by atoms with Gasteiger partial charge in [0.25, 0.3) is 11.2 Å². The fourth-order valence-electron chi connectivity index (χ4n) is 3.05. The van der Waals surface area contributed by atoms with Crippen LogP contribution in [-0.4, -0.2) is 21.8 Å². The van der Waals surface area contributed by atoms with Crippen molar-refractivity contribution in [1.29, 1.82) is 0 Å². The lowest BCUT2D eigenvalue weighted by molar-refractivity contribution is -0.384. The number of nitro benzene ring substituents is 1. The van der Waals surface area contributed by atoms with Crippen molar-refractivity contribution >= 4 is 17.1 Å². The van der Waals surface area contributed by atoms with E-state index in [1.807, 2.05) is 36.4 Å². The lowest BCUT2D eigenvalue weighted by Crippen LogP contribution is -2.13. The highest BCUT2D eigenvalue weighted by molar-refractivity contribution is 5.72. The Labute approximate surface area is 176 Å². The number of methoxy groups -OCH3 is 1. The standard InChI is InChI=1S/C22H17N5O4/c1-31-19-10-6-5-9-18(19)23-24-21-20(15-7-3-2-4-8-15)25-26(22(21)28)16-11-13-17(14-12-16)27(29)30/h2-14,25H,1H3. The van der Waals surface area contributed by atoms with Gasteiger partial charge < -0.3 is 4.74 Å². The Morgan fingerprint density at radius 1 is 0.935 bits per heavy atom. The second-order valence-electron chi connectivity index (χ2n) is 6.49. The van der Waals surface area contributed by atoms with Gasteiger partial charge in [0.05, 0.1) is 23.4 Å². The van der Waals surface area contributed by atoms with E-state index < -0.39 is 10.5 Å². The average Bonchev–Trinajstić information content (AvgIpc) is 3.14. The maximum absolute atomic E-state index is 13.2. The van der Waals surface area contributed by atoms with E-state index in [1.54, 1.807) is 18.2 Å². The number of nitrogens with one attached hydrogen (secondary N) is 1. The molecule has 0 radical (unpaired) electrons. The molecule has 154 valence electrons. The fraction of sp³-hybridized carbons (Fsp3) is 0.0455. The Kier molecular flexibility index (Phi) is 5.39. The molecule has 9 nitrogen and oxygen atoms in total. The smallest absolute Gasteiger partial charge is 0.299 e. The zero-order valence-electron chi connectivity index (χ0n) is 16.4. The Balaban J connectivity index is 1.84. The minimum Gasteiger partial charge on any atom is -0.494 e. The summed E-state index contributed by atoms with van der Waals surface area (Å²) in [5.41, 5.74) is 1.74. The van der Waals surface area contributed by atoms with Crippen molar-refractivity contribution < 1.29 is 9.66 Å². The molecule has 3 aromatic carbocycles. The largest absolute Gasteiger partial charge is 0.494 e. The number of H-pyrrole nitrogens is 1. The minimum absolute atomic E-state index is 0.0669. The third kappa shape index (κ3) is 3.97. The molecule has 1 N–H and O–H groups in total. The number of aromatic nitrogens is 2. The molecule has 0 aliphatic carbocycles. The molecule has 0 fully saturated rings. The van der Waals surface area contributed by atoms with Gasteiger partial charge in [-0.2, -0.15) is 0 Å². The van der Waals surface area contributed by atoms with Crippen LogP contribution in [0, 0.1) is 10.1 Å². The Bertz CT molecular complexity index is 1310. The van der Waals surface area contributed by atoms with Crippen LogP contribution >= 0.6 is 0 Å². The number of hydrogen-bond acceptors (Lipinski definition) is 6. The van der Waals surface area contributed by atoms with Crippen LogP contribution in [0.25, 0.3) is 16.9 Å². The quantitative estimate of drug-likeness (QED) is 0.266. The summed E-state index contributed by atoms with van der Waals surface area (Å²) in [6, 6.07) is 22.0. The molecule has 0 saturated heterocycles. The molecule has 1 aromatic heterocycles. The first kappa shape index (κ1) is 19.8. The van der Waals surface area contributed by atoms with Crippen LogP contribution in [0.3, 0.4) is 0 Å². The third-order valence-corrected chi connectivity index (χ3v) is 4.59. The molecule has 0 aliphatic heterocycles. The van der Waals surface area contributed by atoms with Gasteiger partial charge in [0.1, 0.15) is 11.4 Å². The molecular formula is C22H17N5O4. The van der Waals surface area contributed by atoms with Crippen LogP contribution in [0.4, 0.5) is 17.1 Å². The number of nitro groups is 1. The van der Waals surface area contributed by atoms with Gasteiger partial charge in [0.2, 0.25) is 0 Å². The number of nitrogens with zero attached hydrogens (tertiary/aromatic N) is 4. The number of aromatic amines is 1. The Morgan fingerprint density at radius 2 is 1.61 bits per heavy atom. The number of benzene rings is 3. The number of para-hydroxylation sites is 1. The molecular weight excluding hydrogens is 398 g/mol. The molecule has 1 heterocycles. The van der Waals surface area contributed by atoms with Crippen molar-refractivity contribution in [2.75, 3.05) is 7.11 Å². The Morgan fingerprint density at radius 3 is 2.29 bits per heavy atom. The summed E-state index contributed by atoms with van der Waals surface area (Å²) < 4.78 is 6.56. The van der Waals surface area contributed by atoms with E-state index in [0.717, 1.165) is 5.56 Å². The second kappa shape index (κ2) is 8.46. The van der Waals surface area contributed by atoms with Crippen molar-refractivity contribution in [3.05, 3.63) is 99.3 Å². The average molecular weight is 415 g/mol. The van der Waals surface area contributed by atoms with E-state index in [9.17, 15) is 14.9 Å². The van der Waals surface area contributed by atoms with Gasteiger partial charge in [-0.3, -0.25) is 20.0 Å². The Hall–Kier alpha value is -4.53. The number of hydrogen-bond donors (Lipinski definition) is 1. The van der Waals surface area contributed by atoms with E-state index in [2.05, 4.69) is 15.3 Å². The molecule has 0 saturated carbocycles. The molecule has 9 heteroatoms. The monoisotopic (exact) mass is 415 g/mol. The van der Waals surface area contributed by atoms with Crippen LogP contribution < -0.4 is 10.3 Å². The van der Waals surface area contributed by atoms with Gasteiger partial charge in [-0.05, 0) is 24.3 Å². The van der Waals surface area contributed by atoms with Gasteiger partial charge in [0, 0.05) is 17.7 Å². The molecule has 0 unspecified atom stereocenters. The molecule has 0 atom stereocenters. The molecule has 0 aliphatic rings. The van der Waals surface area contributed by atoms with Crippen LogP contribution in [0.5, 0.6) is 5.75 Å². The van der Waals surface area contributed by atoms with Crippen LogP contribution in [0.1, 0.15) is 0 Å². The topological polar surface area (TPSA) is 115 Å². The van der Waals surface area contributed by atoms with E-state index in [1.165, 1.54) is 36.1 Å². The number of non-ortho nitro benzene ring substituents is 1. The van der Waals surface area contributed by atoms with Crippen LogP contribution in [0.15, 0.2) is 93.9 Å². The summed E-state index contributed by atoms with van der Waals surface area (Å²) in [4.78, 5) is 23.6. The molecule has 0 bridgehead atoms. The summed E-state index contributed by atoms with van der Waals surface area (Å²) in [6.45, 7) is 0. The molecule has 4 rings (SSSR count). The van der Waals surface area contributed by atoms with Gasteiger partial charge in [-0.15, -0.1) is 10.2 Å². The van der Waals surface area contributed by atoms with Crippen molar-refractivity contribution in [2.45, 2.75) is 0 Å². The van der Waals surface area contributed by atoms with E-state index >= 15 is 0 Å². The SMILES string of the molecule is COc1ccccc1N=Nc1c(-c2ccccc2)[nH]n(-c2ccc([N+](=O)[O-])cc2)c1=O. The molecule has 0 spiro atoms. The normalized spacial score (nSPS) is 11.0. The van der Waals surface area contributed by atoms with Crippen molar-refractivity contribution in [3.8, 4) is 22.7 Å². The lowest BCUT2D eigenvalue weighted by Gasteiger charge is -2.02. The number of ether oxygens (including phenoxy) is 1. The zero-order chi connectivity index (χ0) is 21.8. The summed E-state index contributed by atoms with van der Waals surface area (Å²) in [6.07, 6.45) is 0. The van der Waals surface area contributed by atoms with Crippen molar-refractivity contribution in [3.63, 3.8) is 0 Å². The number of rotatable bonds is 6. The van der Waals surface area contributed by atoms with Crippen molar-refractivity contribution in [1.82, 2.24) is 9.78 Å².